The molecule has 0 aliphatic carbocycles. The number of hydrogen-bond donors (Lipinski definition) is 0. The largest absolute Gasteiger partial charge is 0.284 e. The Labute approximate surface area is 106 Å². The average molecular weight is 260 g/mol. The maximum atomic E-state index is 4.76. The summed E-state index contributed by atoms with van der Waals surface area (Å²) >= 11 is 0. The van der Waals surface area contributed by atoms with Crippen LogP contribution in [0.4, 0.5) is 0 Å². The second kappa shape index (κ2) is 5.62. The Morgan fingerprint density at radius 1 is 1.25 bits per heavy atom. The van der Waals surface area contributed by atoms with E-state index in [1.165, 1.54) is 24.4 Å². The third kappa shape index (κ3) is 2.85. The Hall–Kier alpha value is 0.0900. The molecule has 0 N–H and O–H groups in total. The molecule has 0 amide bonds. The number of aliphatic imine (C=N–C) groups is 1. The van der Waals surface area contributed by atoms with Crippen LogP contribution in [0.15, 0.2) is 4.99 Å². The summed E-state index contributed by atoms with van der Waals surface area (Å²) in [6, 6.07) is 0. The van der Waals surface area contributed by atoms with E-state index in [0.717, 1.165) is 13.1 Å². The SMILES string of the molecule is CN(C)C1N=C(N2CCCCCN2C)SS1. The molecule has 1 unspecified atom stereocenters. The first-order chi connectivity index (χ1) is 7.68. The van der Waals surface area contributed by atoms with E-state index in [9.17, 15) is 0 Å². The number of rotatable bonds is 1. The monoisotopic (exact) mass is 260 g/mol. The highest BCUT2D eigenvalue weighted by Gasteiger charge is 2.27. The van der Waals surface area contributed by atoms with Gasteiger partial charge in [0, 0.05) is 20.1 Å². The molecule has 0 spiro atoms. The van der Waals surface area contributed by atoms with Gasteiger partial charge >= 0.3 is 0 Å². The molecule has 6 heteroatoms. The maximum Gasteiger partial charge on any atom is 0.187 e. The molecular formula is C10H20N4S2. The van der Waals surface area contributed by atoms with E-state index in [-0.39, 0.29) is 5.50 Å². The van der Waals surface area contributed by atoms with Crippen molar-refractivity contribution in [2.75, 3.05) is 34.2 Å². The first kappa shape index (κ1) is 12.5. The van der Waals surface area contributed by atoms with Gasteiger partial charge in [0.25, 0.3) is 0 Å². The van der Waals surface area contributed by atoms with Gasteiger partial charge in [-0.3, -0.25) is 9.91 Å². The molecule has 2 aliphatic heterocycles. The first-order valence-corrected chi connectivity index (χ1v) is 7.96. The molecule has 92 valence electrons. The van der Waals surface area contributed by atoms with E-state index in [4.69, 9.17) is 4.99 Å². The molecule has 1 atom stereocenters. The van der Waals surface area contributed by atoms with Crippen molar-refractivity contribution in [3.8, 4) is 0 Å². The van der Waals surface area contributed by atoms with Crippen molar-refractivity contribution >= 4 is 26.8 Å². The van der Waals surface area contributed by atoms with Crippen LogP contribution in [-0.2, 0) is 0 Å². The third-order valence-corrected chi connectivity index (χ3v) is 5.37. The normalized spacial score (nSPS) is 28.4. The summed E-state index contributed by atoms with van der Waals surface area (Å²) in [4.78, 5) is 6.91. The Bertz CT molecular complexity index is 270. The number of amidine groups is 1. The predicted molar refractivity (Wildman–Crippen MR) is 73.3 cm³/mol. The van der Waals surface area contributed by atoms with Crippen LogP contribution in [-0.4, -0.2) is 59.8 Å². The zero-order chi connectivity index (χ0) is 11.5. The fourth-order valence-electron chi connectivity index (χ4n) is 1.85. The molecule has 0 radical (unpaired) electrons. The minimum absolute atomic E-state index is 0.275. The topological polar surface area (TPSA) is 22.1 Å². The maximum absolute atomic E-state index is 4.76. The molecule has 0 aromatic heterocycles. The standard InChI is InChI=1S/C10H20N4S2/c1-12(2)9-11-10(16-15-9)14-8-6-4-5-7-13(14)3/h9H,4-8H2,1-3H3. The van der Waals surface area contributed by atoms with Crippen molar-refractivity contribution in [2.24, 2.45) is 4.99 Å². The number of hydrogen-bond acceptors (Lipinski definition) is 6. The first-order valence-electron chi connectivity index (χ1n) is 5.74. The van der Waals surface area contributed by atoms with Gasteiger partial charge < -0.3 is 0 Å². The molecule has 0 bridgehead atoms. The van der Waals surface area contributed by atoms with Gasteiger partial charge in [0.05, 0.1) is 0 Å². The summed E-state index contributed by atoms with van der Waals surface area (Å²) in [5.41, 5.74) is 0.275. The van der Waals surface area contributed by atoms with Crippen LogP contribution in [0.25, 0.3) is 0 Å². The quantitative estimate of drug-likeness (QED) is 0.670. The van der Waals surface area contributed by atoms with E-state index in [2.05, 4.69) is 36.1 Å². The molecule has 1 saturated heterocycles. The molecule has 2 rings (SSSR count). The Morgan fingerprint density at radius 2 is 2.00 bits per heavy atom. The molecule has 0 aromatic carbocycles. The highest BCUT2D eigenvalue weighted by molar-refractivity contribution is 8.82. The molecule has 2 heterocycles. The van der Waals surface area contributed by atoms with Crippen molar-refractivity contribution in [3.05, 3.63) is 0 Å². The summed E-state index contributed by atoms with van der Waals surface area (Å²) in [5, 5.41) is 5.83. The van der Waals surface area contributed by atoms with Crippen molar-refractivity contribution in [3.63, 3.8) is 0 Å². The van der Waals surface area contributed by atoms with E-state index >= 15 is 0 Å². The molecule has 2 aliphatic rings. The van der Waals surface area contributed by atoms with Crippen LogP contribution < -0.4 is 0 Å². The minimum Gasteiger partial charge on any atom is -0.284 e. The molecule has 0 saturated carbocycles. The van der Waals surface area contributed by atoms with Gasteiger partial charge in [0.1, 0.15) is 0 Å². The Morgan fingerprint density at radius 3 is 2.69 bits per heavy atom. The van der Waals surface area contributed by atoms with Gasteiger partial charge in [-0.25, -0.2) is 10.0 Å². The zero-order valence-corrected chi connectivity index (χ0v) is 11.9. The van der Waals surface area contributed by atoms with Crippen molar-refractivity contribution < 1.29 is 0 Å². The van der Waals surface area contributed by atoms with Gasteiger partial charge in [0.2, 0.25) is 0 Å². The van der Waals surface area contributed by atoms with E-state index in [0.29, 0.717) is 0 Å². The molecular weight excluding hydrogens is 240 g/mol. The van der Waals surface area contributed by atoms with E-state index in [1.807, 2.05) is 21.6 Å². The van der Waals surface area contributed by atoms with Crippen LogP contribution >= 0.6 is 21.6 Å². The lowest BCUT2D eigenvalue weighted by Gasteiger charge is -2.30. The van der Waals surface area contributed by atoms with Crippen LogP contribution in [0.2, 0.25) is 0 Å². The molecule has 1 fully saturated rings. The minimum atomic E-state index is 0.275. The summed E-state index contributed by atoms with van der Waals surface area (Å²) < 4.78 is 0. The fraction of sp³-hybridized carbons (Fsp3) is 0.900. The summed E-state index contributed by atoms with van der Waals surface area (Å²) in [7, 11) is 9.97. The van der Waals surface area contributed by atoms with Gasteiger partial charge in [-0.1, -0.05) is 6.42 Å². The van der Waals surface area contributed by atoms with E-state index in [1.54, 1.807) is 0 Å². The third-order valence-electron chi connectivity index (χ3n) is 2.86. The Balaban J connectivity index is 2.03. The van der Waals surface area contributed by atoms with Crippen LogP contribution in [0.3, 0.4) is 0 Å². The zero-order valence-electron chi connectivity index (χ0n) is 10.2. The molecule has 4 nitrogen and oxygen atoms in total. The Kier molecular flexibility index (Phi) is 4.41. The van der Waals surface area contributed by atoms with Gasteiger partial charge in [-0.2, -0.15) is 0 Å². The van der Waals surface area contributed by atoms with Crippen molar-refractivity contribution in [2.45, 2.75) is 24.8 Å². The van der Waals surface area contributed by atoms with Crippen molar-refractivity contribution in [1.82, 2.24) is 14.9 Å². The average Bonchev–Trinajstić information content (AvgIpc) is 2.63. The smallest absolute Gasteiger partial charge is 0.187 e. The highest BCUT2D eigenvalue weighted by Crippen LogP contribution is 2.38. The lowest BCUT2D eigenvalue weighted by Crippen LogP contribution is -2.42. The predicted octanol–water partition coefficient (Wildman–Crippen LogP) is 1.92. The lowest BCUT2D eigenvalue weighted by molar-refractivity contribution is 0.0927. The number of nitrogens with zero attached hydrogens (tertiary/aromatic N) is 4. The van der Waals surface area contributed by atoms with Crippen LogP contribution in [0.1, 0.15) is 19.3 Å². The molecule has 16 heavy (non-hydrogen) atoms. The summed E-state index contributed by atoms with van der Waals surface area (Å²) in [6.07, 6.45) is 3.92. The van der Waals surface area contributed by atoms with Crippen LogP contribution in [0, 0.1) is 0 Å². The van der Waals surface area contributed by atoms with Crippen LogP contribution in [0.5, 0.6) is 0 Å². The highest BCUT2D eigenvalue weighted by atomic mass is 33.1. The van der Waals surface area contributed by atoms with Crippen molar-refractivity contribution in [1.29, 1.82) is 0 Å². The second-order valence-corrected chi connectivity index (χ2v) is 6.67. The van der Waals surface area contributed by atoms with Gasteiger partial charge in [-0.05, 0) is 48.5 Å². The van der Waals surface area contributed by atoms with E-state index < -0.39 is 0 Å². The van der Waals surface area contributed by atoms with Gasteiger partial charge in [-0.15, -0.1) is 0 Å². The fourth-order valence-corrected chi connectivity index (χ4v) is 4.41. The van der Waals surface area contributed by atoms with Gasteiger partial charge in [0.15, 0.2) is 10.7 Å². The summed E-state index contributed by atoms with van der Waals surface area (Å²) in [6.45, 7) is 2.26. The second-order valence-electron chi connectivity index (χ2n) is 4.45. The lowest BCUT2D eigenvalue weighted by atomic mass is 10.2. The molecule has 0 aromatic rings. The number of hydrazine groups is 1. The summed E-state index contributed by atoms with van der Waals surface area (Å²) in [5.74, 6) is 0.